The minimum Gasteiger partial charge on any atom is -0.317 e. The van der Waals surface area contributed by atoms with Gasteiger partial charge in [-0.15, -0.1) is 0 Å². The fourth-order valence-electron chi connectivity index (χ4n) is 1.92. The van der Waals surface area contributed by atoms with E-state index in [1.807, 2.05) is 19.2 Å². The first-order valence-corrected chi connectivity index (χ1v) is 8.81. The zero-order valence-electron chi connectivity index (χ0n) is 13.1. The first-order chi connectivity index (χ1) is 9.95. The van der Waals surface area contributed by atoms with E-state index in [0.717, 1.165) is 25.9 Å². The molecule has 0 fully saturated rings. The van der Waals surface area contributed by atoms with Gasteiger partial charge in [0.05, 0.1) is 6.54 Å². The molecule has 1 aromatic heterocycles. The van der Waals surface area contributed by atoms with Gasteiger partial charge in [0.25, 0.3) is 10.2 Å². The molecule has 0 saturated heterocycles. The Morgan fingerprint density at radius 2 is 2.14 bits per heavy atom. The summed E-state index contributed by atoms with van der Waals surface area (Å²) in [6.45, 7) is 6.75. The maximum absolute atomic E-state index is 12.2. The number of nitrogens with one attached hydrogen (secondary N) is 2. The second-order valence-electron chi connectivity index (χ2n) is 5.18. The van der Waals surface area contributed by atoms with E-state index in [2.05, 4.69) is 22.1 Å². The van der Waals surface area contributed by atoms with Crippen LogP contribution in [0.5, 0.6) is 0 Å². The Bertz CT molecular complexity index is 475. The van der Waals surface area contributed by atoms with Crippen molar-refractivity contribution < 1.29 is 8.42 Å². The van der Waals surface area contributed by atoms with E-state index >= 15 is 0 Å². The molecule has 1 heterocycles. The zero-order chi connectivity index (χ0) is 15.7. The normalized spacial score (nSPS) is 13.7. The summed E-state index contributed by atoms with van der Waals surface area (Å²) in [6, 6.07) is 1.60. The van der Waals surface area contributed by atoms with Gasteiger partial charge in [-0.1, -0.05) is 6.92 Å². The van der Waals surface area contributed by atoms with E-state index in [1.54, 1.807) is 17.9 Å². The summed E-state index contributed by atoms with van der Waals surface area (Å²) in [5.41, 5.74) is 0. The molecule has 0 bridgehead atoms. The van der Waals surface area contributed by atoms with E-state index in [9.17, 15) is 8.42 Å². The van der Waals surface area contributed by atoms with E-state index < -0.39 is 10.2 Å². The van der Waals surface area contributed by atoms with Crippen molar-refractivity contribution in [3.05, 3.63) is 18.5 Å². The molecule has 1 aromatic rings. The zero-order valence-corrected chi connectivity index (χ0v) is 13.9. The minimum atomic E-state index is -3.44. The summed E-state index contributed by atoms with van der Waals surface area (Å²) in [5.74, 6) is 0. The molecule has 0 radical (unpaired) electrons. The van der Waals surface area contributed by atoms with Crippen molar-refractivity contribution in [3.63, 3.8) is 0 Å². The second kappa shape index (κ2) is 9.14. The summed E-state index contributed by atoms with van der Waals surface area (Å²) in [6.07, 6.45) is 5.37. The fraction of sp³-hybridized carbons (Fsp3) is 0.769. The highest BCUT2D eigenvalue weighted by molar-refractivity contribution is 7.87. The average Bonchev–Trinajstić information content (AvgIpc) is 2.90. The Hall–Kier alpha value is -0.960. The van der Waals surface area contributed by atoms with E-state index in [0.29, 0.717) is 13.1 Å². The van der Waals surface area contributed by atoms with Crippen molar-refractivity contribution in [1.82, 2.24) is 24.1 Å². The molecule has 0 amide bonds. The van der Waals surface area contributed by atoms with Gasteiger partial charge in [0.15, 0.2) is 0 Å². The number of aromatic nitrogens is 2. The fourth-order valence-corrected chi connectivity index (χ4v) is 3.05. The molecule has 1 atom stereocenters. The van der Waals surface area contributed by atoms with Gasteiger partial charge in [0.2, 0.25) is 0 Å². The maximum atomic E-state index is 12.2. The van der Waals surface area contributed by atoms with Crippen molar-refractivity contribution in [3.8, 4) is 0 Å². The molecular formula is C13H27N5O2S. The minimum absolute atomic E-state index is 0.212. The third kappa shape index (κ3) is 7.03. The van der Waals surface area contributed by atoms with Crippen LogP contribution >= 0.6 is 0 Å². The van der Waals surface area contributed by atoms with Crippen LogP contribution in [0.3, 0.4) is 0 Å². The molecule has 1 rings (SSSR count). The van der Waals surface area contributed by atoms with Gasteiger partial charge in [-0.25, -0.2) is 0 Å². The van der Waals surface area contributed by atoms with Gasteiger partial charge in [0, 0.05) is 32.0 Å². The van der Waals surface area contributed by atoms with Crippen molar-refractivity contribution in [1.29, 1.82) is 0 Å². The summed E-state index contributed by atoms with van der Waals surface area (Å²) in [7, 11) is -1.84. The van der Waals surface area contributed by atoms with Gasteiger partial charge in [-0.3, -0.25) is 4.68 Å². The lowest BCUT2D eigenvalue weighted by Gasteiger charge is -2.21. The third-order valence-electron chi connectivity index (χ3n) is 3.03. The lowest BCUT2D eigenvalue weighted by atomic mass is 10.4. The molecule has 0 aliphatic rings. The third-order valence-corrected chi connectivity index (χ3v) is 4.74. The Labute approximate surface area is 127 Å². The van der Waals surface area contributed by atoms with Crippen LogP contribution in [0, 0.1) is 0 Å². The lowest BCUT2D eigenvalue weighted by Crippen LogP contribution is -2.44. The SMILES string of the molecule is CCCNCCCN(C)S(=O)(=O)NC(C)Cn1cccn1. The van der Waals surface area contributed by atoms with Crippen LogP contribution in [0.4, 0.5) is 0 Å². The quantitative estimate of drug-likeness (QED) is 0.580. The van der Waals surface area contributed by atoms with Crippen LogP contribution in [0.1, 0.15) is 26.7 Å². The molecule has 2 N–H and O–H groups in total. The number of hydrogen-bond acceptors (Lipinski definition) is 4. The highest BCUT2D eigenvalue weighted by Crippen LogP contribution is 1.99. The van der Waals surface area contributed by atoms with Crippen LogP contribution in [0.25, 0.3) is 0 Å². The second-order valence-corrected chi connectivity index (χ2v) is 6.99. The summed E-state index contributed by atoms with van der Waals surface area (Å²) in [4.78, 5) is 0. The summed E-state index contributed by atoms with van der Waals surface area (Å²) < 4.78 is 30.0. The first-order valence-electron chi connectivity index (χ1n) is 7.37. The van der Waals surface area contributed by atoms with Gasteiger partial charge in [-0.05, 0) is 38.9 Å². The van der Waals surface area contributed by atoms with Crippen molar-refractivity contribution in [2.45, 2.75) is 39.3 Å². The highest BCUT2D eigenvalue weighted by Gasteiger charge is 2.19. The average molecular weight is 317 g/mol. The van der Waals surface area contributed by atoms with Gasteiger partial charge < -0.3 is 5.32 Å². The number of hydrogen-bond donors (Lipinski definition) is 2. The molecule has 0 aromatic carbocycles. The monoisotopic (exact) mass is 317 g/mol. The van der Waals surface area contributed by atoms with Crippen LogP contribution in [-0.4, -0.2) is 55.2 Å². The topological polar surface area (TPSA) is 79.3 Å². The van der Waals surface area contributed by atoms with E-state index in [-0.39, 0.29) is 6.04 Å². The molecule has 0 aliphatic carbocycles. The Kier molecular flexibility index (Phi) is 7.87. The van der Waals surface area contributed by atoms with E-state index in [1.165, 1.54) is 4.31 Å². The van der Waals surface area contributed by atoms with Crippen LogP contribution in [-0.2, 0) is 16.8 Å². The van der Waals surface area contributed by atoms with Crippen molar-refractivity contribution in [2.75, 3.05) is 26.7 Å². The maximum Gasteiger partial charge on any atom is 0.279 e. The van der Waals surface area contributed by atoms with Gasteiger partial charge in [0.1, 0.15) is 0 Å². The molecule has 0 spiro atoms. The Morgan fingerprint density at radius 3 is 2.76 bits per heavy atom. The largest absolute Gasteiger partial charge is 0.317 e. The summed E-state index contributed by atoms with van der Waals surface area (Å²) in [5, 5.41) is 7.33. The molecule has 8 heteroatoms. The Morgan fingerprint density at radius 1 is 1.38 bits per heavy atom. The number of nitrogens with zero attached hydrogens (tertiary/aromatic N) is 3. The molecule has 1 unspecified atom stereocenters. The first kappa shape index (κ1) is 18.1. The van der Waals surface area contributed by atoms with Crippen LogP contribution in [0.15, 0.2) is 18.5 Å². The number of rotatable bonds is 11. The molecule has 7 nitrogen and oxygen atoms in total. The predicted octanol–water partition coefficient (Wildman–Crippen LogP) is 0.428. The Balaban J connectivity index is 2.33. The van der Waals surface area contributed by atoms with E-state index in [4.69, 9.17) is 0 Å². The molecule has 21 heavy (non-hydrogen) atoms. The highest BCUT2D eigenvalue weighted by atomic mass is 32.2. The smallest absolute Gasteiger partial charge is 0.279 e. The predicted molar refractivity (Wildman–Crippen MR) is 84.2 cm³/mol. The molecule has 122 valence electrons. The summed E-state index contributed by atoms with van der Waals surface area (Å²) >= 11 is 0. The lowest BCUT2D eigenvalue weighted by molar-refractivity contribution is 0.425. The van der Waals surface area contributed by atoms with Crippen LogP contribution < -0.4 is 10.0 Å². The molecular weight excluding hydrogens is 290 g/mol. The van der Waals surface area contributed by atoms with Gasteiger partial charge in [-0.2, -0.15) is 22.5 Å². The van der Waals surface area contributed by atoms with Gasteiger partial charge >= 0.3 is 0 Å². The van der Waals surface area contributed by atoms with Crippen molar-refractivity contribution >= 4 is 10.2 Å². The molecule has 0 saturated carbocycles. The molecule has 0 aliphatic heterocycles. The van der Waals surface area contributed by atoms with Crippen molar-refractivity contribution in [2.24, 2.45) is 0 Å². The standard InChI is InChI=1S/C13H27N5O2S/c1-4-7-14-8-5-10-17(3)21(19,20)16-13(2)12-18-11-6-9-15-18/h6,9,11,13-14,16H,4-5,7-8,10,12H2,1-3H3. The van der Waals surface area contributed by atoms with Crippen LogP contribution in [0.2, 0.25) is 0 Å².